The molecule has 1 unspecified atom stereocenters. The average Bonchev–Trinajstić information content (AvgIpc) is 2.50. The second kappa shape index (κ2) is 6.54. The van der Waals surface area contributed by atoms with E-state index in [1.807, 2.05) is 18.2 Å². The van der Waals surface area contributed by atoms with Gasteiger partial charge in [-0.25, -0.2) is 0 Å². The van der Waals surface area contributed by atoms with Gasteiger partial charge in [-0.1, -0.05) is 15.9 Å². The molecule has 3 rings (SSSR count). The standard InChI is InChI=1S/C16H20BrIN2O/c17-12-3-4-14(18)13(9-12)15(21)20-8-2-6-16(11-20)5-1-7-19-10-16/h3-4,9,19H,1-2,5-8,10-11H2. The minimum absolute atomic E-state index is 0.186. The van der Waals surface area contributed by atoms with E-state index in [1.165, 1.54) is 19.3 Å². The lowest BCUT2D eigenvalue weighted by atomic mass is 9.74. The number of carbonyl (C=O) groups excluding carboxylic acids is 1. The molecule has 0 radical (unpaired) electrons. The number of likely N-dealkylation sites (tertiary alicyclic amines) is 1. The van der Waals surface area contributed by atoms with E-state index in [2.05, 4.69) is 48.7 Å². The summed E-state index contributed by atoms with van der Waals surface area (Å²) in [5.74, 6) is 0.186. The van der Waals surface area contributed by atoms with E-state index >= 15 is 0 Å². The van der Waals surface area contributed by atoms with Crippen molar-refractivity contribution >= 4 is 44.4 Å². The van der Waals surface area contributed by atoms with Crippen LogP contribution in [0, 0.1) is 8.99 Å². The first-order chi connectivity index (χ1) is 10.1. The largest absolute Gasteiger partial charge is 0.338 e. The Balaban J connectivity index is 1.79. The van der Waals surface area contributed by atoms with Crippen molar-refractivity contribution in [2.45, 2.75) is 25.7 Å². The number of hydrogen-bond donors (Lipinski definition) is 1. The van der Waals surface area contributed by atoms with Gasteiger partial charge in [-0.05, 0) is 73.0 Å². The normalized spacial score (nSPS) is 26.1. The van der Waals surface area contributed by atoms with Crippen LogP contribution in [0.3, 0.4) is 0 Å². The van der Waals surface area contributed by atoms with Crippen LogP contribution in [0.5, 0.6) is 0 Å². The topological polar surface area (TPSA) is 32.3 Å². The molecule has 0 bridgehead atoms. The summed E-state index contributed by atoms with van der Waals surface area (Å²) in [7, 11) is 0. The number of piperidine rings is 2. The summed E-state index contributed by atoms with van der Waals surface area (Å²) in [6.45, 7) is 3.98. The van der Waals surface area contributed by atoms with Crippen molar-refractivity contribution in [3.8, 4) is 0 Å². The molecule has 1 N–H and O–H groups in total. The van der Waals surface area contributed by atoms with Gasteiger partial charge in [0.1, 0.15) is 0 Å². The van der Waals surface area contributed by atoms with Crippen LogP contribution in [0.25, 0.3) is 0 Å². The fraction of sp³-hybridized carbons (Fsp3) is 0.562. The monoisotopic (exact) mass is 462 g/mol. The van der Waals surface area contributed by atoms with Crippen molar-refractivity contribution in [1.82, 2.24) is 10.2 Å². The number of benzene rings is 1. The average molecular weight is 463 g/mol. The number of nitrogens with one attached hydrogen (secondary N) is 1. The Kier molecular flexibility index (Phi) is 4.90. The molecule has 0 saturated carbocycles. The summed E-state index contributed by atoms with van der Waals surface area (Å²) in [5.41, 5.74) is 1.13. The summed E-state index contributed by atoms with van der Waals surface area (Å²) in [4.78, 5) is 14.9. The molecule has 21 heavy (non-hydrogen) atoms. The second-order valence-electron chi connectivity index (χ2n) is 6.23. The Morgan fingerprint density at radius 3 is 2.90 bits per heavy atom. The first kappa shape index (κ1) is 15.7. The number of nitrogens with zero attached hydrogens (tertiary/aromatic N) is 1. The molecule has 1 atom stereocenters. The SMILES string of the molecule is O=C(c1cc(Br)ccc1I)N1CCCC2(CCCNC2)C1. The van der Waals surface area contributed by atoms with Gasteiger partial charge in [0.15, 0.2) is 0 Å². The van der Waals surface area contributed by atoms with Crippen molar-refractivity contribution in [3.63, 3.8) is 0 Å². The third kappa shape index (κ3) is 3.45. The van der Waals surface area contributed by atoms with Crippen LogP contribution in [0.2, 0.25) is 0 Å². The quantitative estimate of drug-likeness (QED) is 0.646. The highest BCUT2D eigenvalue weighted by atomic mass is 127. The van der Waals surface area contributed by atoms with Crippen LogP contribution in [0.15, 0.2) is 22.7 Å². The van der Waals surface area contributed by atoms with Crippen LogP contribution < -0.4 is 5.32 Å². The van der Waals surface area contributed by atoms with Crippen LogP contribution in [0.4, 0.5) is 0 Å². The van der Waals surface area contributed by atoms with Gasteiger partial charge in [-0.15, -0.1) is 0 Å². The number of carbonyl (C=O) groups is 1. The van der Waals surface area contributed by atoms with E-state index in [4.69, 9.17) is 0 Å². The van der Waals surface area contributed by atoms with E-state index in [1.54, 1.807) is 0 Å². The molecule has 0 aliphatic carbocycles. The molecular formula is C16H20BrIN2O. The van der Waals surface area contributed by atoms with Crippen LogP contribution in [-0.2, 0) is 0 Å². The summed E-state index contributed by atoms with van der Waals surface area (Å²) >= 11 is 5.73. The fourth-order valence-corrected chi connectivity index (χ4v) is 4.52. The Labute approximate surface area is 148 Å². The van der Waals surface area contributed by atoms with Crippen molar-refractivity contribution in [1.29, 1.82) is 0 Å². The maximum Gasteiger partial charge on any atom is 0.254 e. The van der Waals surface area contributed by atoms with Crippen LogP contribution in [0.1, 0.15) is 36.0 Å². The molecule has 3 nitrogen and oxygen atoms in total. The molecule has 2 heterocycles. The molecule has 0 aromatic heterocycles. The number of amides is 1. The highest BCUT2D eigenvalue weighted by molar-refractivity contribution is 14.1. The first-order valence-corrected chi connectivity index (χ1v) is 9.42. The maximum atomic E-state index is 12.9. The lowest BCUT2D eigenvalue weighted by Gasteiger charge is -2.45. The molecule has 2 saturated heterocycles. The molecule has 1 amide bonds. The Hall–Kier alpha value is -0.140. The van der Waals surface area contributed by atoms with E-state index in [-0.39, 0.29) is 5.91 Å². The highest BCUT2D eigenvalue weighted by Crippen LogP contribution is 2.36. The first-order valence-electron chi connectivity index (χ1n) is 7.55. The van der Waals surface area contributed by atoms with Crippen LogP contribution >= 0.6 is 38.5 Å². The minimum atomic E-state index is 0.186. The second-order valence-corrected chi connectivity index (χ2v) is 8.31. The summed E-state index contributed by atoms with van der Waals surface area (Å²) < 4.78 is 2.00. The maximum absolute atomic E-state index is 12.9. The zero-order valence-corrected chi connectivity index (χ0v) is 15.7. The number of rotatable bonds is 1. The van der Waals surface area contributed by atoms with Gasteiger partial charge in [0.05, 0.1) is 5.56 Å². The zero-order valence-electron chi connectivity index (χ0n) is 12.0. The van der Waals surface area contributed by atoms with Gasteiger partial charge < -0.3 is 10.2 Å². The number of halogens is 2. The predicted octanol–water partition coefficient (Wildman–Crippen LogP) is 3.66. The van der Waals surface area contributed by atoms with E-state index in [0.717, 1.165) is 46.2 Å². The molecule has 2 fully saturated rings. The van der Waals surface area contributed by atoms with E-state index in [0.29, 0.717) is 5.41 Å². The summed E-state index contributed by atoms with van der Waals surface area (Å²) in [5, 5.41) is 3.52. The summed E-state index contributed by atoms with van der Waals surface area (Å²) in [6.07, 6.45) is 4.85. The van der Waals surface area contributed by atoms with Crippen molar-refractivity contribution in [3.05, 3.63) is 31.8 Å². The molecule has 114 valence electrons. The van der Waals surface area contributed by atoms with Gasteiger partial charge in [0, 0.05) is 33.1 Å². The van der Waals surface area contributed by atoms with Gasteiger partial charge in [0.25, 0.3) is 5.91 Å². The Morgan fingerprint density at radius 1 is 1.33 bits per heavy atom. The lowest BCUT2D eigenvalue weighted by Crippen LogP contribution is -2.52. The van der Waals surface area contributed by atoms with Crippen LogP contribution in [-0.4, -0.2) is 37.0 Å². The van der Waals surface area contributed by atoms with Crippen molar-refractivity contribution in [2.24, 2.45) is 5.41 Å². The Morgan fingerprint density at radius 2 is 2.14 bits per heavy atom. The Bertz CT molecular complexity index is 538. The van der Waals surface area contributed by atoms with Crippen molar-refractivity contribution in [2.75, 3.05) is 26.2 Å². The van der Waals surface area contributed by atoms with Gasteiger partial charge in [-0.3, -0.25) is 4.79 Å². The molecule has 1 aromatic carbocycles. The minimum Gasteiger partial charge on any atom is -0.338 e. The van der Waals surface area contributed by atoms with Crippen molar-refractivity contribution < 1.29 is 4.79 Å². The van der Waals surface area contributed by atoms with Gasteiger partial charge in [0.2, 0.25) is 0 Å². The predicted molar refractivity (Wildman–Crippen MR) is 96.5 cm³/mol. The molecule has 1 spiro atoms. The fourth-order valence-electron chi connectivity index (χ4n) is 3.59. The van der Waals surface area contributed by atoms with E-state index < -0.39 is 0 Å². The molecular weight excluding hydrogens is 443 g/mol. The third-order valence-corrected chi connectivity index (χ3v) is 6.10. The molecule has 1 aromatic rings. The molecule has 2 aliphatic heterocycles. The third-order valence-electron chi connectivity index (χ3n) is 4.67. The van der Waals surface area contributed by atoms with E-state index in [9.17, 15) is 4.79 Å². The number of hydrogen-bond acceptors (Lipinski definition) is 2. The lowest BCUT2D eigenvalue weighted by molar-refractivity contribution is 0.0433. The van der Waals surface area contributed by atoms with Gasteiger partial charge >= 0.3 is 0 Å². The molecule has 5 heteroatoms. The molecule has 2 aliphatic rings. The highest BCUT2D eigenvalue weighted by Gasteiger charge is 2.38. The summed E-state index contributed by atoms with van der Waals surface area (Å²) in [6, 6.07) is 5.94. The van der Waals surface area contributed by atoms with Gasteiger partial charge in [-0.2, -0.15) is 0 Å². The zero-order chi connectivity index (χ0) is 14.9. The smallest absolute Gasteiger partial charge is 0.254 e.